The Bertz CT molecular complexity index is 813. The van der Waals surface area contributed by atoms with Crippen molar-refractivity contribution in [2.75, 3.05) is 13.2 Å². The zero-order valence-corrected chi connectivity index (χ0v) is 14.2. The van der Waals surface area contributed by atoms with E-state index in [1.807, 2.05) is 0 Å². The minimum Gasteiger partial charge on any atom is -0.491 e. The minimum atomic E-state index is -4.53. The summed E-state index contributed by atoms with van der Waals surface area (Å²) in [4.78, 5) is -0.359. The van der Waals surface area contributed by atoms with Crippen LogP contribution in [0.2, 0.25) is 0 Å². The third kappa shape index (κ3) is 4.57. The zero-order valence-electron chi connectivity index (χ0n) is 13.3. The number of hydrogen-bond donors (Lipinski definition) is 3. The Morgan fingerprint density at radius 2 is 1.62 bits per heavy atom. The zero-order chi connectivity index (χ0) is 17.9. The highest BCUT2D eigenvalue weighted by molar-refractivity contribution is 7.86. The lowest BCUT2D eigenvalue weighted by Gasteiger charge is -2.14. The number of benzene rings is 2. The highest BCUT2D eigenvalue weighted by Crippen LogP contribution is 2.34. The fourth-order valence-electron chi connectivity index (χ4n) is 2.16. The Labute approximate surface area is 140 Å². The summed E-state index contributed by atoms with van der Waals surface area (Å²) in [7, 11) is -4.53. The predicted octanol–water partition coefficient (Wildman–Crippen LogP) is 1.61. The van der Waals surface area contributed by atoms with Crippen molar-refractivity contribution >= 4 is 20.9 Å². The van der Waals surface area contributed by atoms with Crippen LogP contribution in [0.15, 0.2) is 35.2 Å². The first kappa shape index (κ1) is 18.5. The first-order chi connectivity index (χ1) is 11.2. The van der Waals surface area contributed by atoms with Crippen LogP contribution in [0.5, 0.6) is 11.5 Å². The van der Waals surface area contributed by atoms with Gasteiger partial charge in [-0.05, 0) is 43.5 Å². The van der Waals surface area contributed by atoms with E-state index in [-0.39, 0.29) is 29.2 Å². The molecule has 2 atom stereocenters. The Kier molecular flexibility index (Phi) is 5.66. The second-order valence-corrected chi connectivity index (χ2v) is 6.93. The number of hydrogen-bond acceptors (Lipinski definition) is 6. The van der Waals surface area contributed by atoms with Crippen LogP contribution in [0.25, 0.3) is 10.8 Å². The lowest BCUT2D eigenvalue weighted by Crippen LogP contribution is -2.14. The summed E-state index contributed by atoms with van der Waals surface area (Å²) in [6, 6.07) is 7.66. The maximum absolute atomic E-state index is 11.8. The third-order valence-corrected chi connectivity index (χ3v) is 4.07. The molecule has 0 saturated heterocycles. The van der Waals surface area contributed by atoms with Crippen LogP contribution in [-0.2, 0) is 10.1 Å². The van der Waals surface area contributed by atoms with E-state index in [4.69, 9.17) is 9.47 Å². The van der Waals surface area contributed by atoms with Gasteiger partial charge in [-0.2, -0.15) is 8.42 Å². The maximum Gasteiger partial charge on any atom is 0.298 e. The van der Waals surface area contributed by atoms with Gasteiger partial charge in [0.25, 0.3) is 10.1 Å². The summed E-state index contributed by atoms with van der Waals surface area (Å²) >= 11 is 0. The van der Waals surface area contributed by atoms with Gasteiger partial charge in [0.05, 0.1) is 12.2 Å². The fraction of sp³-hybridized carbons (Fsp3) is 0.375. The average Bonchev–Trinajstić information content (AvgIpc) is 2.48. The van der Waals surface area contributed by atoms with Gasteiger partial charge >= 0.3 is 0 Å². The molecule has 0 bridgehead atoms. The molecular weight excluding hydrogens is 336 g/mol. The van der Waals surface area contributed by atoms with Crippen LogP contribution in [0.3, 0.4) is 0 Å². The van der Waals surface area contributed by atoms with E-state index in [0.29, 0.717) is 11.1 Å². The summed E-state index contributed by atoms with van der Waals surface area (Å²) in [5.74, 6) is 0.422. The largest absolute Gasteiger partial charge is 0.491 e. The summed E-state index contributed by atoms with van der Waals surface area (Å²) in [5, 5.41) is 19.3. The van der Waals surface area contributed by atoms with E-state index in [2.05, 4.69) is 0 Å². The lowest BCUT2D eigenvalue weighted by molar-refractivity contribution is 0.121. The SMILES string of the molecule is CC(O)COc1ccc2c(S(=O)(=O)O)c(OCC(C)O)ccc2c1. The molecule has 2 unspecified atom stereocenters. The van der Waals surface area contributed by atoms with Gasteiger partial charge in [0.1, 0.15) is 29.6 Å². The monoisotopic (exact) mass is 356 g/mol. The number of ether oxygens (including phenoxy) is 2. The second-order valence-electron chi connectivity index (χ2n) is 5.57. The number of aliphatic hydroxyl groups is 2. The molecule has 0 saturated carbocycles. The molecule has 0 aliphatic rings. The summed E-state index contributed by atoms with van der Waals surface area (Å²) < 4.78 is 43.7. The molecule has 0 aliphatic carbocycles. The molecule has 2 rings (SSSR count). The molecule has 3 N–H and O–H groups in total. The van der Waals surface area contributed by atoms with Crippen molar-refractivity contribution < 1.29 is 32.7 Å². The van der Waals surface area contributed by atoms with Crippen molar-refractivity contribution in [3.8, 4) is 11.5 Å². The van der Waals surface area contributed by atoms with Crippen LogP contribution >= 0.6 is 0 Å². The van der Waals surface area contributed by atoms with E-state index < -0.39 is 22.3 Å². The van der Waals surface area contributed by atoms with E-state index in [0.717, 1.165) is 0 Å². The molecule has 8 heteroatoms. The molecular formula is C16H20O7S. The van der Waals surface area contributed by atoms with Crippen molar-refractivity contribution in [2.45, 2.75) is 31.0 Å². The molecule has 0 fully saturated rings. The van der Waals surface area contributed by atoms with Crippen molar-refractivity contribution in [3.63, 3.8) is 0 Å². The highest BCUT2D eigenvalue weighted by atomic mass is 32.2. The van der Waals surface area contributed by atoms with Gasteiger partial charge in [-0.15, -0.1) is 0 Å². The van der Waals surface area contributed by atoms with Gasteiger partial charge in [0, 0.05) is 5.39 Å². The predicted molar refractivity (Wildman–Crippen MR) is 88.1 cm³/mol. The number of fused-ring (bicyclic) bond motifs is 1. The van der Waals surface area contributed by atoms with E-state index in [1.54, 1.807) is 19.1 Å². The van der Waals surface area contributed by atoms with Gasteiger partial charge in [-0.3, -0.25) is 4.55 Å². The average molecular weight is 356 g/mol. The van der Waals surface area contributed by atoms with Crippen LogP contribution < -0.4 is 9.47 Å². The molecule has 0 spiro atoms. The topological polar surface area (TPSA) is 113 Å². The standard InChI is InChI=1S/C16H20O7S/c1-10(17)8-22-13-4-5-14-12(7-13)3-6-15(23-9-11(2)18)16(14)24(19,20)21/h3-7,10-11,17-18H,8-9H2,1-2H3,(H,19,20,21). The smallest absolute Gasteiger partial charge is 0.298 e. The summed E-state index contributed by atoms with van der Waals surface area (Å²) in [6.45, 7) is 3.08. The molecule has 132 valence electrons. The fourth-order valence-corrected chi connectivity index (χ4v) is 3.00. The van der Waals surface area contributed by atoms with Gasteiger partial charge in [0.15, 0.2) is 0 Å². The first-order valence-corrected chi connectivity index (χ1v) is 8.78. The van der Waals surface area contributed by atoms with Crippen molar-refractivity contribution in [2.24, 2.45) is 0 Å². The Balaban J connectivity index is 2.49. The van der Waals surface area contributed by atoms with Crippen LogP contribution in [0.4, 0.5) is 0 Å². The Morgan fingerprint density at radius 1 is 1.00 bits per heavy atom. The molecule has 0 aliphatic heterocycles. The van der Waals surface area contributed by atoms with E-state index in [9.17, 15) is 23.2 Å². The lowest BCUT2D eigenvalue weighted by atomic mass is 10.1. The highest BCUT2D eigenvalue weighted by Gasteiger charge is 2.21. The molecule has 0 aromatic heterocycles. The molecule has 0 heterocycles. The van der Waals surface area contributed by atoms with Crippen LogP contribution in [0.1, 0.15) is 13.8 Å². The molecule has 7 nitrogen and oxygen atoms in total. The van der Waals surface area contributed by atoms with Gasteiger partial charge in [-0.1, -0.05) is 6.07 Å². The van der Waals surface area contributed by atoms with E-state index in [1.165, 1.54) is 25.1 Å². The normalized spacial score (nSPS) is 14.4. The number of aliphatic hydroxyl groups excluding tert-OH is 2. The molecule has 24 heavy (non-hydrogen) atoms. The Morgan fingerprint density at radius 3 is 2.21 bits per heavy atom. The summed E-state index contributed by atoms with van der Waals surface area (Å²) in [6.07, 6.45) is -1.42. The maximum atomic E-state index is 11.8. The first-order valence-electron chi connectivity index (χ1n) is 7.34. The molecule has 2 aromatic rings. The van der Waals surface area contributed by atoms with E-state index >= 15 is 0 Å². The van der Waals surface area contributed by atoms with Crippen molar-refractivity contribution in [1.82, 2.24) is 0 Å². The quantitative estimate of drug-likeness (QED) is 0.646. The van der Waals surface area contributed by atoms with Crippen molar-refractivity contribution in [1.29, 1.82) is 0 Å². The second kappa shape index (κ2) is 7.35. The van der Waals surface area contributed by atoms with Crippen LogP contribution in [0, 0.1) is 0 Å². The molecule has 2 aromatic carbocycles. The van der Waals surface area contributed by atoms with Crippen LogP contribution in [-0.4, -0.2) is 48.6 Å². The molecule has 0 radical (unpaired) electrons. The van der Waals surface area contributed by atoms with Gasteiger partial charge in [0.2, 0.25) is 0 Å². The minimum absolute atomic E-state index is 0.0384. The Hall–Kier alpha value is -1.87. The van der Waals surface area contributed by atoms with Gasteiger partial charge < -0.3 is 19.7 Å². The number of rotatable bonds is 7. The summed E-state index contributed by atoms with van der Waals surface area (Å²) in [5.41, 5.74) is 0. The van der Waals surface area contributed by atoms with Gasteiger partial charge in [-0.25, -0.2) is 0 Å². The molecule has 0 amide bonds. The third-order valence-electron chi connectivity index (χ3n) is 3.13. The van der Waals surface area contributed by atoms with Crippen molar-refractivity contribution in [3.05, 3.63) is 30.3 Å².